The molecule has 0 aromatic heterocycles. The lowest BCUT2D eigenvalue weighted by molar-refractivity contribution is 0.112. The van der Waals surface area contributed by atoms with Gasteiger partial charge in [0.1, 0.15) is 23.6 Å². The van der Waals surface area contributed by atoms with Gasteiger partial charge in [0.05, 0.1) is 4.47 Å². The molecule has 0 heterocycles. The molecule has 0 saturated heterocycles. The molecule has 4 heteroatoms. The number of hydrogen-bond donors (Lipinski definition) is 0. The molecular formula is C14H10BrFO2. The lowest BCUT2D eigenvalue weighted by Crippen LogP contribution is -1.91. The van der Waals surface area contributed by atoms with E-state index in [4.69, 9.17) is 4.74 Å². The zero-order valence-electron chi connectivity index (χ0n) is 9.61. The number of halogens is 2. The molecule has 0 aliphatic carbocycles. The topological polar surface area (TPSA) is 26.3 Å². The van der Waals surface area contributed by atoms with E-state index in [0.29, 0.717) is 21.5 Å². The average molecular weight is 309 g/mol. The van der Waals surface area contributed by atoms with Crippen LogP contribution in [0.2, 0.25) is 0 Å². The SMILES string of the molecule is Cc1cc(C=O)ccc1Oc1cc(F)ccc1Br. The van der Waals surface area contributed by atoms with E-state index >= 15 is 0 Å². The zero-order chi connectivity index (χ0) is 13.1. The van der Waals surface area contributed by atoms with Gasteiger partial charge in [0, 0.05) is 11.6 Å². The monoisotopic (exact) mass is 308 g/mol. The molecule has 2 rings (SSSR count). The summed E-state index contributed by atoms with van der Waals surface area (Å²) in [5.41, 5.74) is 1.40. The van der Waals surface area contributed by atoms with Crippen LogP contribution in [0.25, 0.3) is 0 Å². The van der Waals surface area contributed by atoms with Crippen LogP contribution < -0.4 is 4.74 Å². The summed E-state index contributed by atoms with van der Waals surface area (Å²) in [5, 5.41) is 0. The largest absolute Gasteiger partial charge is 0.456 e. The van der Waals surface area contributed by atoms with E-state index in [1.807, 2.05) is 6.92 Å². The van der Waals surface area contributed by atoms with E-state index in [9.17, 15) is 9.18 Å². The normalized spacial score (nSPS) is 10.2. The smallest absolute Gasteiger partial charge is 0.150 e. The number of benzene rings is 2. The molecule has 0 atom stereocenters. The number of carbonyl (C=O) groups excluding carboxylic acids is 1. The lowest BCUT2D eigenvalue weighted by Gasteiger charge is -2.10. The van der Waals surface area contributed by atoms with Crippen LogP contribution in [0.3, 0.4) is 0 Å². The van der Waals surface area contributed by atoms with Gasteiger partial charge in [-0.3, -0.25) is 4.79 Å². The number of carbonyl (C=O) groups is 1. The van der Waals surface area contributed by atoms with Crippen LogP contribution in [-0.4, -0.2) is 6.29 Å². The third kappa shape index (κ3) is 2.76. The molecule has 92 valence electrons. The fourth-order valence-electron chi connectivity index (χ4n) is 1.53. The highest BCUT2D eigenvalue weighted by molar-refractivity contribution is 9.10. The second kappa shape index (κ2) is 5.31. The molecular weight excluding hydrogens is 299 g/mol. The third-order valence-corrected chi connectivity index (χ3v) is 3.10. The van der Waals surface area contributed by atoms with Gasteiger partial charge in [-0.25, -0.2) is 4.39 Å². The Morgan fingerprint density at radius 1 is 1.17 bits per heavy atom. The standard InChI is InChI=1S/C14H10BrFO2/c1-9-6-10(8-17)2-5-13(9)18-14-7-11(16)3-4-12(14)15/h2-8H,1H3. The van der Waals surface area contributed by atoms with Crippen LogP contribution in [0.4, 0.5) is 4.39 Å². The Balaban J connectivity index is 2.34. The van der Waals surface area contributed by atoms with Crippen LogP contribution in [-0.2, 0) is 0 Å². The van der Waals surface area contributed by atoms with Crippen LogP contribution in [0, 0.1) is 12.7 Å². The molecule has 0 unspecified atom stereocenters. The maximum atomic E-state index is 13.1. The van der Waals surface area contributed by atoms with Crippen molar-refractivity contribution in [1.29, 1.82) is 0 Å². The fraction of sp³-hybridized carbons (Fsp3) is 0.0714. The first-order chi connectivity index (χ1) is 8.60. The summed E-state index contributed by atoms with van der Waals surface area (Å²) < 4.78 is 19.4. The highest BCUT2D eigenvalue weighted by atomic mass is 79.9. The molecule has 0 saturated carbocycles. The van der Waals surface area contributed by atoms with E-state index in [1.165, 1.54) is 12.1 Å². The highest BCUT2D eigenvalue weighted by Crippen LogP contribution is 2.32. The molecule has 0 aliphatic rings. The maximum Gasteiger partial charge on any atom is 0.150 e. The number of aldehydes is 1. The summed E-state index contributed by atoms with van der Waals surface area (Å²) in [6.45, 7) is 1.83. The highest BCUT2D eigenvalue weighted by Gasteiger charge is 2.07. The number of ether oxygens (including phenoxy) is 1. The Morgan fingerprint density at radius 3 is 2.61 bits per heavy atom. The molecule has 0 amide bonds. The lowest BCUT2D eigenvalue weighted by atomic mass is 10.1. The van der Waals surface area contributed by atoms with E-state index in [2.05, 4.69) is 15.9 Å². The van der Waals surface area contributed by atoms with E-state index in [1.54, 1.807) is 24.3 Å². The second-order valence-electron chi connectivity index (χ2n) is 3.82. The molecule has 2 aromatic carbocycles. The van der Waals surface area contributed by atoms with Gasteiger partial charge >= 0.3 is 0 Å². The van der Waals surface area contributed by atoms with E-state index in [-0.39, 0.29) is 5.82 Å². The molecule has 0 bridgehead atoms. The van der Waals surface area contributed by atoms with Crippen molar-refractivity contribution >= 4 is 22.2 Å². The van der Waals surface area contributed by atoms with Crippen molar-refractivity contribution in [2.75, 3.05) is 0 Å². The quantitative estimate of drug-likeness (QED) is 0.780. The minimum Gasteiger partial charge on any atom is -0.456 e. The molecule has 0 spiro atoms. The molecule has 2 nitrogen and oxygen atoms in total. The van der Waals surface area contributed by atoms with Gasteiger partial charge < -0.3 is 4.74 Å². The molecule has 0 radical (unpaired) electrons. The number of rotatable bonds is 3. The first kappa shape index (κ1) is 12.8. The van der Waals surface area contributed by atoms with Gasteiger partial charge in [-0.1, -0.05) is 0 Å². The first-order valence-electron chi connectivity index (χ1n) is 5.29. The summed E-state index contributed by atoms with van der Waals surface area (Å²) in [7, 11) is 0. The van der Waals surface area contributed by atoms with Gasteiger partial charge in [-0.05, 0) is 58.7 Å². The van der Waals surface area contributed by atoms with Crippen LogP contribution in [0.5, 0.6) is 11.5 Å². The fourth-order valence-corrected chi connectivity index (χ4v) is 1.86. The Hall–Kier alpha value is -1.68. The van der Waals surface area contributed by atoms with Gasteiger partial charge in [0.25, 0.3) is 0 Å². The molecule has 2 aromatic rings. The summed E-state index contributed by atoms with van der Waals surface area (Å²) in [5.74, 6) is 0.624. The molecule has 18 heavy (non-hydrogen) atoms. The van der Waals surface area contributed by atoms with E-state index < -0.39 is 0 Å². The van der Waals surface area contributed by atoms with Crippen LogP contribution in [0.15, 0.2) is 40.9 Å². The summed E-state index contributed by atoms with van der Waals surface area (Å²) in [4.78, 5) is 10.6. The van der Waals surface area contributed by atoms with E-state index in [0.717, 1.165) is 11.8 Å². The van der Waals surface area contributed by atoms with Crippen molar-refractivity contribution in [3.05, 3.63) is 57.8 Å². The Morgan fingerprint density at radius 2 is 1.94 bits per heavy atom. The van der Waals surface area contributed by atoms with Crippen LogP contribution >= 0.6 is 15.9 Å². The van der Waals surface area contributed by atoms with Gasteiger partial charge in [-0.15, -0.1) is 0 Å². The van der Waals surface area contributed by atoms with Crippen molar-refractivity contribution in [2.24, 2.45) is 0 Å². The summed E-state index contributed by atoms with van der Waals surface area (Å²) in [6.07, 6.45) is 0.773. The zero-order valence-corrected chi connectivity index (χ0v) is 11.2. The van der Waals surface area contributed by atoms with Crippen molar-refractivity contribution in [2.45, 2.75) is 6.92 Å². The van der Waals surface area contributed by atoms with Gasteiger partial charge in [0.2, 0.25) is 0 Å². The van der Waals surface area contributed by atoms with Crippen molar-refractivity contribution < 1.29 is 13.9 Å². The van der Waals surface area contributed by atoms with Crippen molar-refractivity contribution in [3.63, 3.8) is 0 Å². The average Bonchev–Trinajstić information content (AvgIpc) is 2.36. The third-order valence-electron chi connectivity index (χ3n) is 2.45. The molecule has 0 fully saturated rings. The number of hydrogen-bond acceptors (Lipinski definition) is 2. The molecule has 0 aliphatic heterocycles. The van der Waals surface area contributed by atoms with Gasteiger partial charge in [-0.2, -0.15) is 0 Å². The minimum absolute atomic E-state index is 0.365. The number of aryl methyl sites for hydroxylation is 1. The Bertz CT molecular complexity index is 596. The Labute approximate surface area is 113 Å². The van der Waals surface area contributed by atoms with Crippen molar-refractivity contribution in [3.8, 4) is 11.5 Å². The predicted octanol–water partition coefficient (Wildman–Crippen LogP) is 4.50. The first-order valence-corrected chi connectivity index (χ1v) is 6.08. The second-order valence-corrected chi connectivity index (χ2v) is 4.67. The van der Waals surface area contributed by atoms with Gasteiger partial charge in [0.15, 0.2) is 0 Å². The summed E-state index contributed by atoms with van der Waals surface area (Å²) in [6, 6.07) is 9.30. The van der Waals surface area contributed by atoms with Crippen molar-refractivity contribution in [1.82, 2.24) is 0 Å². The predicted molar refractivity (Wildman–Crippen MR) is 70.7 cm³/mol. The Kier molecular flexibility index (Phi) is 3.77. The maximum absolute atomic E-state index is 13.1. The van der Waals surface area contributed by atoms with Crippen LogP contribution in [0.1, 0.15) is 15.9 Å². The minimum atomic E-state index is -0.365. The summed E-state index contributed by atoms with van der Waals surface area (Å²) >= 11 is 3.29. The molecule has 0 N–H and O–H groups in total.